The molecule has 1 aromatic carbocycles. The smallest absolute Gasteiger partial charge is 0.275 e. The molecule has 0 amide bonds. The second-order valence-electron chi connectivity index (χ2n) is 4.21. The minimum absolute atomic E-state index is 0.102. The summed E-state index contributed by atoms with van der Waals surface area (Å²) in [6, 6.07) is 8.19. The Balaban J connectivity index is 2.47. The summed E-state index contributed by atoms with van der Waals surface area (Å²) in [5.41, 5.74) is 0.623. The molecular weight excluding hydrogens is 258 g/mol. The first-order chi connectivity index (χ1) is 9.65. The predicted octanol–water partition coefficient (Wildman–Crippen LogP) is 1.06. The fourth-order valence-corrected chi connectivity index (χ4v) is 1.78. The first-order valence-electron chi connectivity index (χ1n) is 6.33. The van der Waals surface area contributed by atoms with Crippen molar-refractivity contribution in [3.63, 3.8) is 0 Å². The topological polar surface area (TPSA) is 76.4 Å². The van der Waals surface area contributed by atoms with E-state index in [-0.39, 0.29) is 5.75 Å². The van der Waals surface area contributed by atoms with Crippen LogP contribution in [0.3, 0.4) is 0 Å². The van der Waals surface area contributed by atoms with Crippen LogP contribution in [-0.4, -0.2) is 28.5 Å². The van der Waals surface area contributed by atoms with E-state index >= 15 is 0 Å². The summed E-state index contributed by atoms with van der Waals surface area (Å²) in [7, 11) is 1.56. The van der Waals surface area contributed by atoms with Gasteiger partial charge < -0.3 is 15.2 Å². The molecule has 1 heterocycles. The van der Waals surface area contributed by atoms with Crippen molar-refractivity contribution in [2.75, 3.05) is 13.7 Å². The molecule has 1 aromatic heterocycles. The maximum atomic E-state index is 11.9. The van der Waals surface area contributed by atoms with Crippen LogP contribution in [-0.2, 0) is 6.54 Å². The lowest BCUT2D eigenvalue weighted by molar-refractivity contribution is 0.414. The number of hydrogen-bond donors (Lipinski definition) is 2. The molecule has 2 N–H and O–H groups in total. The molecule has 0 unspecified atom stereocenters. The van der Waals surface area contributed by atoms with E-state index in [9.17, 15) is 9.90 Å². The van der Waals surface area contributed by atoms with Crippen molar-refractivity contribution in [3.05, 3.63) is 46.4 Å². The molecule has 0 aliphatic carbocycles. The van der Waals surface area contributed by atoms with Crippen LogP contribution < -0.4 is 15.6 Å². The Kier molecular flexibility index (Phi) is 4.37. The number of hydrogen-bond acceptors (Lipinski definition) is 5. The lowest BCUT2D eigenvalue weighted by Gasteiger charge is -2.10. The van der Waals surface area contributed by atoms with E-state index in [4.69, 9.17) is 4.74 Å². The summed E-state index contributed by atoms with van der Waals surface area (Å²) in [5.74, 6) is 0.535. The van der Waals surface area contributed by atoms with Crippen LogP contribution in [0, 0.1) is 0 Å². The largest absolute Gasteiger partial charge is 0.506 e. The van der Waals surface area contributed by atoms with E-state index in [0.29, 0.717) is 23.7 Å². The summed E-state index contributed by atoms with van der Waals surface area (Å²) >= 11 is 0. The minimum atomic E-state index is -0.393. The maximum Gasteiger partial charge on any atom is 0.275 e. The van der Waals surface area contributed by atoms with Gasteiger partial charge in [-0.2, -0.15) is 9.78 Å². The van der Waals surface area contributed by atoms with Gasteiger partial charge in [0.25, 0.3) is 5.56 Å². The van der Waals surface area contributed by atoms with Gasteiger partial charge in [-0.25, -0.2) is 0 Å². The second-order valence-corrected chi connectivity index (χ2v) is 4.21. The second kappa shape index (κ2) is 6.21. The third-order valence-electron chi connectivity index (χ3n) is 2.83. The SMILES string of the molecule is CCNCc1nn(-c2cccc(OC)c2)c(=O)cc1O. The van der Waals surface area contributed by atoms with Crippen LogP contribution in [0.1, 0.15) is 12.6 Å². The summed E-state index contributed by atoms with van der Waals surface area (Å²) in [6.07, 6.45) is 0. The van der Waals surface area contributed by atoms with Crippen molar-refractivity contribution in [1.82, 2.24) is 15.1 Å². The maximum absolute atomic E-state index is 11.9. The lowest BCUT2D eigenvalue weighted by Crippen LogP contribution is -2.24. The zero-order valence-electron chi connectivity index (χ0n) is 11.5. The van der Waals surface area contributed by atoms with Crippen LogP contribution in [0.25, 0.3) is 5.69 Å². The molecule has 0 saturated heterocycles. The zero-order chi connectivity index (χ0) is 14.5. The van der Waals surface area contributed by atoms with E-state index in [2.05, 4.69) is 10.4 Å². The van der Waals surface area contributed by atoms with E-state index in [1.165, 1.54) is 10.7 Å². The average Bonchev–Trinajstić information content (AvgIpc) is 2.46. The number of benzene rings is 1. The Morgan fingerprint density at radius 1 is 1.40 bits per heavy atom. The molecular formula is C14H17N3O3. The van der Waals surface area contributed by atoms with Gasteiger partial charge in [-0.05, 0) is 18.7 Å². The molecule has 2 rings (SSSR count). The van der Waals surface area contributed by atoms with Gasteiger partial charge in [0.2, 0.25) is 0 Å². The number of nitrogens with one attached hydrogen (secondary N) is 1. The highest BCUT2D eigenvalue weighted by Crippen LogP contribution is 2.16. The fraction of sp³-hybridized carbons (Fsp3) is 0.286. The van der Waals surface area contributed by atoms with Crippen molar-refractivity contribution in [3.8, 4) is 17.2 Å². The summed E-state index contributed by atoms with van der Waals surface area (Å²) in [4.78, 5) is 11.9. The third-order valence-corrected chi connectivity index (χ3v) is 2.83. The molecule has 0 aliphatic rings. The lowest BCUT2D eigenvalue weighted by atomic mass is 10.3. The quantitative estimate of drug-likeness (QED) is 0.853. The molecule has 6 nitrogen and oxygen atoms in total. The Labute approximate surface area is 116 Å². The summed E-state index contributed by atoms with van der Waals surface area (Å²) in [5, 5.41) is 17.0. The Morgan fingerprint density at radius 3 is 2.90 bits per heavy atom. The van der Waals surface area contributed by atoms with Gasteiger partial charge in [0.1, 0.15) is 17.2 Å². The number of methoxy groups -OCH3 is 1. The van der Waals surface area contributed by atoms with Gasteiger partial charge in [0.05, 0.1) is 12.8 Å². The molecule has 0 aliphatic heterocycles. The molecule has 0 fully saturated rings. The van der Waals surface area contributed by atoms with Gasteiger partial charge >= 0.3 is 0 Å². The highest BCUT2D eigenvalue weighted by molar-refractivity contribution is 5.39. The molecule has 106 valence electrons. The van der Waals surface area contributed by atoms with E-state index in [1.807, 2.05) is 6.92 Å². The van der Waals surface area contributed by atoms with Crippen LogP contribution in [0.4, 0.5) is 0 Å². The Morgan fingerprint density at radius 2 is 2.20 bits per heavy atom. The van der Waals surface area contributed by atoms with Crippen molar-refractivity contribution >= 4 is 0 Å². The first kappa shape index (κ1) is 14.1. The molecule has 6 heteroatoms. The molecule has 20 heavy (non-hydrogen) atoms. The molecule has 0 saturated carbocycles. The molecule has 0 spiro atoms. The highest BCUT2D eigenvalue weighted by Gasteiger charge is 2.09. The monoisotopic (exact) mass is 275 g/mol. The molecule has 0 atom stereocenters. The van der Waals surface area contributed by atoms with E-state index < -0.39 is 5.56 Å². The van der Waals surface area contributed by atoms with E-state index in [0.717, 1.165) is 6.54 Å². The number of aromatic hydroxyl groups is 1. The predicted molar refractivity (Wildman–Crippen MR) is 75.4 cm³/mol. The van der Waals surface area contributed by atoms with Crippen molar-refractivity contribution in [2.24, 2.45) is 0 Å². The van der Waals surface area contributed by atoms with Crippen LogP contribution in [0.2, 0.25) is 0 Å². The molecule has 0 bridgehead atoms. The average molecular weight is 275 g/mol. The Bertz CT molecular complexity index is 652. The van der Waals surface area contributed by atoms with Crippen molar-refractivity contribution in [1.29, 1.82) is 0 Å². The highest BCUT2D eigenvalue weighted by atomic mass is 16.5. The zero-order valence-corrected chi connectivity index (χ0v) is 11.5. The number of rotatable bonds is 5. The number of ether oxygens (including phenoxy) is 1. The first-order valence-corrected chi connectivity index (χ1v) is 6.33. The fourth-order valence-electron chi connectivity index (χ4n) is 1.78. The normalized spacial score (nSPS) is 10.5. The number of aromatic nitrogens is 2. The van der Waals surface area contributed by atoms with Gasteiger partial charge in [-0.3, -0.25) is 4.79 Å². The van der Waals surface area contributed by atoms with Gasteiger partial charge in [0.15, 0.2) is 0 Å². The summed E-state index contributed by atoms with van der Waals surface area (Å²) in [6.45, 7) is 3.10. The van der Waals surface area contributed by atoms with Crippen LogP contribution in [0.5, 0.6) is 11.5 Å². The van der Waals surface area contributed by atoms with Crippen molar-refractivity contribution < 1.29 is 9.84 Å². The number of nitrogens with zero attached hydrogens (tertiary/aromatic N) is 2. The van der Waals surface area contributed by atoms with Crippen LogP contribution >= 0.6 is 0 Å². The minimum Gasteiger partial charge on any atom is -0.506 e. The molecule has 0 radical (unpaired) electrons. The van der Waals surface area contributed by atoms with E-state index in [1.54, 1.807) is 31.4 Å². The third kappa shape index (κ3) is 2.97. The Hall–Kier alpha value is -2.34. The van der Waals surface area contributed by atoms with Crippen molar-refractivity contribution in [2.45, 2.75) is 13.5 Å². The molecule has 2 aromatic rings. The van der Waals surface area contributed by atoms with Gasteiger partial charge in [-0.1, -0.05) is 13.0 Å². The summed E-state index contributed by atoms with van der Waals surface area (Å²) < 4.78 is 6.38. The van der Waals surface area contributed by atoms with Gasteiger partial charge in [0, 0.05) is 18.7 Å². The standard InChI is InChI=1S/C14H17N3O3/c1-3-15-9-12-13(18)8-14(19)17(16-12)10-5-4-6-11(7-10)20-2/h4-8,15,18H,3,9H2,1-2H3. The van der Waals surface area contributed by atoms with Crippen LogP contribution in [0.15, 0.2) is 35.1 Å². The van der Waals surface area contributed by atoms with Gasteiger partial charge in [-0.15, -0.1) is 0 Å².